The van der Waals surface area contributed by atoms with Crippen molar-refractivity contribution in [1.29, 1.82) is 0 Å². The van der Waals surface area contributed by atoms with Crippen molar-refractivity contribution >= 4 is 11.2 Å². The third-order valence-corrected chi connectivity index (χ3v) is 2.66. The van der Waals surface area contributed by atoms with E-state index in [4.69, 9.17) is 0 Å². The van der Waals surface area contributed by atoms with E-state index in [0.717, 1.165) is 0 Å². The Labute approximate surface area is 97.7 Å². The maximum absolute atomic E-state index is 12.1. The third-order valence-electron chi connectivity index (χ3n) is 2.66. The molecule has 0 unspecified atom stereocenters. The van der Waals surface area contributed by atoms with Crippen LogP contribution in [-0.2, 0) is 0 Å². The lowest BCUT2D eigenvalue weighted by molar-refractivity contribution is 0.551. The number of hydrogen-bond acceptors (Lipinski definition) is 3. The van der Waals surface area contributed by atoms with Gasteiger partial charge >= 0.3 is 5.69 Å². The SMILES string of the molecule is CC(C)c1nc2[nH]c(=O)n(C(C)C)c(=O)c2[nH]1. The Morgan fingerprint density at radius 3 is 2.29 bits per heavy atom. The Hall–Kier alpha value is -1.85. The van der Waals surface area contributed by atoms with Crippen LogP contribution in [0.1, 0.15) is 45.5 Å². The number of fused-ring (bicyclic) bond motifs is 1. The van der Waals surface area contributed by atoms with Gasteiger partial charge in [-0.15, -0.1) is 0 Å². The first-order valence-electron chi connectivity index (χ1n) is 5.66. The van der Waals surface area contributed by atoms with Gasteiger partial charge in [0.05, 0.1) is 0 Å². The average molecular weight is 236 g/mol. The van der Waals surface area contributed by atoms with Crippen LogP contribution in [0.4, 0.5) is 0 Å². The first-order chi connectivity index (χ1) is 7.91. The predicted octanol–water partition coefficient (Wildman–Crippen LogP) is 1.12. The number of imidazole rings is 1. The zero-order valence-electron chi connectivity index (χ0n) is 10.4. The number of aromatic amines is 2. The fraction of sp³-hybridized carbons (Fsp3) is 0.545. The molecule has 6 nitrogen and oxygen atoms in total. The fourth-order valence-electron chi connectivity index (χ4n) is 1.75. The Bertz CT molecular complexity index is 660. The van der Waals surface area contributed by atoms with Crippen LogP contribution < -0.4 is 11.2 Å². The summed E-state index contributed by atoms with van der Waals surface area (Å²) in [6.45, 7) is 7.53. The minimum Gasteiger partial charge on any atom is -0.336 e. The second kappa shape index (κ2) is 3.87. The van der Waals surface area contributed by atoms with Crippen LogP contribution in [0, 0.1) is 0 Å². The molecule has 0 fully saturated rings. The molecule has 0 aliphatic carbocycles. The molecule has 0 aliphatic heterocycles. The molecule has 0 bridgehead atoms. The standard InChI is InChI=1S/C11H16N4O2/c1-5(2)8-12-7-9(13-8)14-11(17)15(6(3)4)10(7)16/h5-6H,1-4H3,(H,12,13)(H,14,17). The van der Waals surface area contributed by atoms with E-state index in [9.17, 15) is 9.59 Å². The van der Waals surface area contributed by atoms with E-state index in [0.29, 0.717) is 17.0 Å². The van der Waals surface area contributed by atoms with Gasteiger partial charge in [-0.2, -0.15) is 0 Å². The Morgan fingerprint density at radius 2 is 1.76 bits per heavy atom. The first-order valence-corrected chi connectivity index (χ1v) is 5.66. The highest BCUT2D eigenvalue weighted by Crippen LogP contribution is 2.12. The summed E-state index contributed by atoms with van der Waals surface area (Å²) in [5.74, 6) is 0.882. The lowest BCUT2D eigenvalue weighted by atomic mass is 10.2. The fourth-order valence-corrected chi connectivity index (χ4v) is 1.75. The number of aromatic nitrogens is 4. The molecule has 6 heteroatoms. The highest BCUT2D eigenvalue weighted by Gasteiger charge is 2.14. The highest BCUT2D eigenvalue weighted by molar-refractivity contribution is 5.68. The summed E-state index contributed by atoms with van der Waals surface area (Å²) in [5.41, 5.74) is -0.0416. The summed E-state index contributed by atoms with van der Waals surface area (Å²) >= 11 is 0. The van der Waals surface area contributed by atoms with E-state index >= 15 is 0 Å². The molecule has 0 spiro atoms. The molecule has 2 aromatic heterocycles. The Kier molecular flexibility index (Phi) is 2.65. The van der Waals surface area contributed by atoms with Gasteiger partial charge in [0, 0.05) is 12.0 Å². The molecule has 0 atom stereocenters. The average Bonchev–Trinajstić information content (AvgIpc) is 2.60. The third kappa shape index (κ3) is 1.79. The lowest BCUT2D eigenvalue weighted by Gasteiger charge is -2.06. The van der Waals surface area contributed by atoms with E-state index in [1.807, 2.05) is 13.8 Å². The molecule has 0 aliphatic rings. The van der Waals surface area contributed by atoms with Gasteiger partial charge < -0.3 is 4.98 Å². The molecule has 0 saturated carbocycles. The number of hydrogen-bond donors (Lipinski definition) is 2. The summed E-state index contributed by atoms with van der Waals surface area (Å²) in [4.78, 5) is 33.6. The van der Waals surface area contributed by atoms with E-state index in [1.165, 1.54) is 4.57 Å². The van der Waals surface area contributed by atoms with Crippen molar-refractivity contribution in [2.24, 2.45) is 0 Å². The van der Waals surface area contributed by atoms with Gasteiger partial charge in [-0.3, -0.25) is 14.3 Å². The topological polar surface area (TPSA) is 83.5 Å². The molecule has 92 valence electrons. The Morgan fingerprint density at radius 1 is 1.12 bits per heavy atom. The largest absolute Gasteiger partial charge is 0.336 e. The van der Waals surface area contributed by atoms with Crippen LogP contribution in [0.3, 0.4) is 0 Å². The zero-order chi connectivity index (χ0) is 12.7. The van der Waals surface area contributed by atoms with E-state index in [1.54, 1.807) is 13.8 Å². The highest BCUT2D eigenvalue weighted by atomic mass is 16.2. The summed E-state index contributed by atoms with van der Waals surface area (Å²) in [5, 5.41) is 0. The second-order valence-electron chi connectivity index (χ2n) is 4.70. The van der Waals surface area contributed by atoms with Crippen LogP contribution in [0.15, 0.2) is 9.59 Å². The molecule has 2 heterocycles. The van der Waals surface area contributed by atoms with Gasteiger partial charge in [0.1, 0.15) is 11.3 Å². The summed E-state index contributed by atoms with van der Waals surface area (Å²) in [6.07, 6.45) is 0. The molecule has 0 amide bonds. The van der Waals surface area contributed by atoms with Crippen LogP contribution in [0.25, 0.3) is 11.2 Å². The number of rotatable bonds is 2. The first kappa shape index (κ1) is 11.6. The summed E-state index contributed by atoms with van der Waals surface area (Å²) in [7, 11) is 0. The van der Waals surface area contributed by atoms with Crippen LogP contribution in [0.5, 0.6) is 0 Å². The van der Waals surface area contributed by atoms with Gasteiger partial charge in [0.2, 0.25) is 0 Å². The molecule has 2 rings (SSSR count). The monoisotopic (exact) mass is 236 g/mol. The minimum atomic E-state index is -0.417. The van der Waals surface area contributed by atoms with Crippen LogP contribution >= 0.6 is 0 Å². The van der Waals surface area contributed by atoms with Gasteiger partial charge in [-0.1, -0.05) is 13.8 Å². The van der Waals surface area contributed by atoms with Crippen molar-refractivity contribution in [2.45, 2.75) is 39.7 Å². The number of nitrogens with zero attached hydrogens (tertiary/aromatic N) is 2. The van der Waals surface area contributed by atoms with Crippen LogP contribution in [0.2, 0.25) is 0 Å². The molecule has 0 saturated heterocycles. The molecule has 17 heavy (non-hydrogen) atoms. The van der Waals surface area contributed by atoms with Gasteiger partial charge in [-0.05, 0) is 13.8 Å². The van der Waals surface area contributed by atoms with Gasteiger partial charge in [0.25, 0.3) is 5.56 Å². The van der Waals surface area contributed by atoms with E-state index < -0.39 is 5.69 Å². The maximum atomic E-state index is 12.1. The maximum Gasteiger partial charge on any atom is 0.330 e. The van der Waals surface area contributed by atoms with E-state index in [2.05, 4.69) is 15.0 Å². The number of H-pyrrole nitrogens is 2. The van der Waals surface area contributed by atoms with Crippen molar-refractivity contribution in [3.63, 3.8) is 0 Å². The molecule has 0 aromatic carbocycles. The molecule has 0 radical (unpaired) electrons. The Balaban J connectivity index is 2.84. The number of nitrogens with one attached hydrogen (secondary N) is 2. The molecule has 2 aromatic rings. The van der Waals surface area contributed by atoms with Gasteiger partial charge in [-0.25, -0.2) is 9.78 Å². The smallest absolute Gasteiger partial charge is 0.330 e. The predicted molar refractivity (Wildman–Crippen MR) is 65.4 cm³/mol. The normalized spacial score (nSPS) is 11.9. The zero-order valence-corrected chi connectivity index (χ0v) is 10.4. The van der Waals surface area contributed by atoms with Crippen molar-refractivity contribution in [3.8, 4) is 0 Å². The van der Waals surface area contributed by atoms with Crippen molar-refractivity contribution in [1.82, 2.24) is 19.5 Å². The molecule has 2 N–H and O–H groups in total. The van der Waals surface area contributed by atoms with Crippen molar-refractivity contribution < 1.29 is 0 Å². The lowest BCUT2D eigenvalue weighted by Crippen LogP contribution is -2.36. The molecular formula is C11H16N4O2. The molecular weight excluding hydrogens is 220 g/mol. The van der Waals surface area contributed by atoms with Gasteiger partial charge in [0.15, 0.2) is 5.65 Å². The minimum absolute atomic E-state index is 0.179. The quantitative estimate of drug-likeness (QED) is 0.819. The van der Waals surface area contributed by atoms with Crippen molar-refractivity contribution in [2.75, 3.05) is 0 Å². The van der Waals surface area contributed by atoms with Crippen LogP contribution in [-0.4, -0.2) is 19.5 Å². The second-order valence-corrected chi connectivity index (χ2v) is 4.70. The van der Waals surface area contributed by atoms with E-state index in [-0.39, 0.29) is 17.5 Å². The van der Waals surface area contributed by atoms with Crippen molar-refractivity contribution in [3.05, 3.63) is 26.7 Å². The summed E-state index contributed by atoms with van der Waals surface area (Å²) in [6, 6.07) is -0.179. The summed E-state index contributed by atoms with van der Waals surface area (Å²) < 4.78 is 1.19.